The zero-order valence-corrected chi connectivity index (χ0v) is 18.8. The first-order valence-electron chi connectivity index (χ1n) is 11.2. The lowest BCUT2D eigenvalue weighted by Crippen LogP contribution is -2.36. The van der Waals surface area contributed by atoms with Crippen LogP contribution in [0.1, 0.15) is 54.9 Å². The Kier molecular flexibility index (Phi) is 6.46. The lowest BCUT2D eigenvalue weighted by Gasteiger charge is -2.39. The number of ether oxygens (including phenoxy) is 2. The van der Waals surface area contributed by atoms with Crippen LogP contribution in [0.25, 0.3) is 5.57 Å². The zero-order chi connectivity index (χ0) is 24.5. The molecule has 4 rings (SSSR count). The van der Waals surface area contributed by atoms with Gasteiger partial charge in [0.25, 0.3) is 0 Å². The van der Waals surface area contributed by atoms with Crippen molar-refractivity contribution in [2.45, 2.75) is 45.2 Å². The molecule has 2 aromatic rings. The molecule has 1 fully saturated rings. The molecule has 4 nitrogen and oxygen atoms in total. The van der Waals surface area contributed by atoms with Gasteiger partial charge in [-0.3, -0.25) is 4.79 Å². The van der Waals surface area contributed by atoms with Crippen molar-refractivity contribution in [2.24, 2.45) is 5.41 Å². The molecule has 178 valence electrons. The Morgan fingerprint density at radius 2 is 1.79 bits per heavy atom. The van der Waals surface area contributed by atoms with Crippen molar-refractivity contribution in [3.8, 4) is 23.8 Å². The molecule has 0 amide bonds. The molecule has 1 aliphatic carbocycles. The Morgan fingerprint density at radius 3 is 2.41 bits per heavy atom. The fraction of sp³-hybridized carbons (Fsp3) is 0.370. The Hall–Kier alpha value is -3.24. The van der Waals surface area contributed by atoms with E-state index in [1.54, 1.807) is 18.2 Å². The van der Waals surface area contributed by atoms with E-state index in [0.717, 1.165) is 30.5 Å². The summed E-state index contributed by atoms with van der Waals surface area (Å²) in [6, 6.07) is 8.38. The van der Waals surface area contributed by atoms with E-state index >= 15 is 0 Å². The number of terminal acetylenes is 1. The number of benzene rings is 2. The van der Waals surface area contributed by atoms with Gasteiger partial charge in [-0.05, 0) is 66.1 Å². The lowest BCUT2D eigenvalue weighted by molar-refractivity contribution is -0.137. The Balaban J connectivity index is 1.68. The standard InChI is InChI=1S/C27H25F3O4/c1-3-17-5-6-20(34-19-7-8-22(27(28,29)30)18(4-2)13-19)14-21(17)25-23(31)15-26(16-24(25)32)9-11-33-12-10-26/h2,5-8,13-14,31H,3,9-12,15-16H2,1H3. The SMILES string of the molecule is C#Cc1cc(Oc2ccc(CC)c(C3=C(O)CC4(CCOCC4)CC3=O)c2)ccc1C(F)(F)F. The van der Waals surface area contributed by atoms with Crippen LogP contribution in [0.3, 0.4) is 0 Å². The van der Waals surface area contributed by atoms with Gasteiger partial charge in [0.1, 0.15) is 17.3 Å². The van der Waals surface area contributed by atoms with Gasteiger partial charge >= 0.3 is 6.18 Å². The van der Waals surface area contributed by atoms with Crippen LogP contribution >= 0.6 is 0 Å². The number of halogens is 3. The van der Waals surface area contributed by atoms with E-state index < -0.39 is 11.7 Å². The van der Waals surface area contributed by atoms with Crippen molar-refractivity contribution in [1.82, 2.24) is 0 Å². The summed E-state index contributed by atoms with van der Waals surface area (Å²) >= 11 is 0. The number of aliphatic hydroxyl groups excluding tert-OH is 1. The van der Waals surface area contributed by atoms with Crippen LogP contribution in [-0.4, -0.2) is 24.1 Å². The predicted octanol–water partition coefficient (Wildman–Crippen LogP) is 6.47. The van der Waals surface area contributed by atoms with Crippen LogP contribution < -0.4 is 4.74 Å². The molecule has 0 saturated carbocycles. The highest BCUT2D eigenvalue weighted by atomic mass is 19.4. The predicted molar refractivity (Wildman–Crippen MR) is 122 cm³/mol. The van der Waals surface area contributed by atoms with Crippen LogP contribution in [0, 0.1) is 17.8 Å². The van der Waals surface area contributed by atoms with E-state index in [9.17, 15) is 23.1 Å². The summed E-state index contributed by atoms with van der Waals surface area (Å²) in [7, 11) is 0. The molecule has 0 bridgehead atoms. The molecular weight excluding hydrogens is 445 g/mol. The van der Waals surface area contributed by atoms with Crippen molar-refractivity contribution >= 4 is 11.4 Å². The fourth-order valence-corrected chi connectivity index (χ4v) is 4.81. The van der Waals surface area contributed by atoms with Gasteiger partial charge in [0.05, 0.1) is 11.1 Å². The van der Waals surface area contributed by atoms with Gasteiger partial charge in [-0.2, -0.15) is 13.2 Å². The topological polar surface area (TPSA) is 55.8 Å². The third-order valence-electron chi connectivity index (χ3n) is 6.62. The minimum absolute atomic E-state index is 0.0640. The van der Waals surface area contributed by atoms with E-state index in [0.29, 0.717) is 43.8 Å². The van der Waals surface area contributed by atoms with Gasteiger partial charge in [-0.25, -0.2) is 0 Å². The molecule has 0 atom stereocenters. The third-order valence-corrected chi connectivity index (χ3v) is 6.62. The molecule has 1 aliphatic heterocycles. The largest absolute Gasteiger partial charge is 0.512 e. The summed E-state index contributed by atoms with van der Waals surface area (Å²) in [5, 5.41) is 10.9. The number of allylic oxidation sites excluding steroid dienone is 2. The molecule has 2 aromatic carbocycles. The molecule has 1 spiro atoms. The van der Waals surface area contributed by atoms with E-state index in [1.165, 1.54) is 6.07 Å². The molecule has 1 N–H and O–H groups in total. The molecule has 7 heteroatoms. The third kappa shape index (κ3) is 4.69. The highest BCUT2D eigenvalue weighted by molar-refractivity contribution is 6.22. The minimum atomic E-state index is -4.57. The number of rotatable bonds is 4. The van der Waals surface area contributed by atoms with Gasteiger partial charge in [0.15, 0.2) is 5.78 Å². The summed E-state index contributed by atoms with van der Waals surface area (Å²) in [5.41, 5.74) is 0.232. The van der Waals surface area contributed by atoms with E-state index in [2.05, 4.69) is 5.92 Å². The van der Waals surface area contributed by atoms with Crippen LogP contribution in [0.2, 0.25) is 0 Å². The first-order chi connectivity index (χ1) is 16.2. The Bertz CT molecular complexity index is 1180. The van der Waals surface area contributed by atoms with Gasteiger partial charge in [-0.1, -0.05) is 18.9 Å². The fourth-order valence-electron chi connectivity index (χ4n) is 4.81. The number of ketones is 1. The second-order valence-corrected chi connectivity index (χ2v) is 8.83. The maximum atomic E-state index is 13.2. The molecular formula is C27H25F3O4. The molecule has 0 unspecified atom stereocenters. The maximum Gasteiger partial charge on any atom is 0.417 e. The van der Waals surface area contributed by atoms with Crippen molar-refractivity contribution in [2.75, 3.05) is 13.2 Å². The Labute approximate surface area is 196 Å². The highest BCUT2D eigenvalue weighted by Gasteiger charge is 2.42. The maximum absolute atomic E-state index is 13.2. The van der Waals surface area contributed by atoms with Crippen molar-refractivity contribution in [3.63, 3.8) is 0 Å². The summed E-state index contributed by atoms with van der Waals surface area (Å²) in [4.78, 5) is 13.2. The van der Waals surface area contributed by atoms with E-state index in [1.807, 2.05) is 6.92 Å². The number of hydrogen-bond donors (Lipinski definition) is 1. The number of hydrogen-bond acceptors (Lipinski definition) is 4. The zero-order valence-electron chi connectivity index (χ0n) is 18.8. The second kappa shape index (κ2) is 9.19. The monoisotopic (exact) mass is 470 g/mol. The average molecular weight is 470 g/mol. The normalized spacial score (nSPS) is 18.1. The molecule has 34 heavy (non-hydrogen) atoms. The molecule has 1 saturated heterocycles. The summed E-state index contributed by atoms with van der Waals surface area (Å²) in [6.45, 7) is 3.09. The smallest absolute Gasteiger partial charge is 0.417 e. The van der Waals surface area contributed by atoms with Gasteiger partial charge < -0.3 is 14.6 Å². The van der Waals surface area contributed by atoms with Crippen LogP contribution in [-0.2, 0) is 22.1 Å². The number of Topliss-reactive ketones (excluding diaryl/α,β-unsaturated/α-hetero) is 1. The van der Waals surface area contributed by atoms with Crippen molar-refractivity contribution in [3.05, 3.63) is 64.4 Å². The molecule has 1 heterocycles. The van der Waals surface area contributed by atoms with Crippen LogP contribution in [0.4, 0.5) is 13.2 Å². The van der Waals surface area contributed by atoms with E-state index in [4.69, 9.17) is 15.9 Å². The lowest BCUT2D eigenvalue weighted by atomic mass is 9.67. The molecule has 0 aromatic heterocycles. The number of carbonyl (C=O) groups excluding carboxylic acids is 1. The van der Waals surface area contributed by atoms with Gasteiger partial charge in [0.2, 0.25) is 0 Å². The van der Waals surface area contributed by atoms with Crippen molar-refractivity contribution < 1.29 is 32.5 Å². The Morgan fingerprint density at radius 1 is 1.12 bits per heavy atom. The number of carbonyl (C=O) groups is 1. The van der Waals surface area contributed by atoms with E-state index in [-0.39, 0.29) is 33.8 Å². The second-order valence-electron chi connectivity index (χ2n) is 8.83. The van der Waals surface area contributed by atoms with Crippen molar-refractivity contribution in [1.29, 1.82) is 0 Å². The molecule has 0 radical (unpaired) electrons. The quantitative estimate of drug-likeness (QED) is 0.521. The van der Waals surface area contributed by atoms with Gasteiger partial charge in [-0.15, -0.1) is 6.42 Å². The summed E-state index contributed by atoms with van der Waals surface area (Å²) < 4.78 is 50.6. The average Bonchev–Trinajstić information content (AvgIpc) is 2.78. The minimum Gasteiger partial charge on any atom is -0.512 e. The first kappa shape index (κ1) is 23.9. The van der Waals surface area contributed by atoms with Crippen LogP contribution in [0.15, 0.2) is 42.2 Å². The number of aliphatic hydroxyl groups is 1. The number of aryl methyl sites for hydroxylation is 1. The van der Waals surface area contributed by atoms with Gasteiger partial charge in [0, 0.05) is 31.6 Å². The summed E-state index contributed by atoms with van der Waals surface area (Å²) in [6.07, 6.45) is 3.54. The first-order valence-corrected chi connectivity index (χ1v) is 11.2. The van der Waals surface area contributed by atoms with Crippen LogP contribution in [0.5, 0.6) is 11.5 Å². The molecule has 2 aliphatic rings. The highest BCUT2D eigenvalue weighted by Crippen LogP contribution is 2.47. The summed E-state index contributed by atoms with van der Waals surface area (Å²) in [5.74, 6) is 2.47. The number of alkyl halides is 3.